The Morgan fingerprint density at radius 1 is 1.35 bits per heavy atom. The van der Waals surface area contributed by atoms with Crippen molar-refractivity contribution in [3.8, 4) is 5.75 Å². The zero-order valence-electron chi connectivity index (χ0n) is 12.6. The van der Waals surface area contributed by atoms with Gasteiger partial charge in [0.2, 0.25) is 5.95 Å². The van der Waals surface area contributed by atoms with Crippen LogP contribution in [-0.2, 0) is 4.74 Å². The molecule has 2 N–H and O–H groups in total. The van der Waals surface area contributed by atoms with Gasteiger partial charge in [0.25, 0.3) is 0 Å². The molecule has 0 aliphatic heterocycles. The third-order valence-corrected chi connectivity index (χ3v) is 3.52. The van der Waals surface area contributed by atoms with Gasteiger partial charge < -0.3 is 19.8 Å². The smallest absolute Gasteiger partial charge is 0.201 e. The second-order valence-electron chi connectivity index (χ2n) is 5.17. The quantitative estimate of drug-likeness (QED) is 0.882. The molecule has 0 amide bonds. The maximum Gasteiger partial charge on any atom is 0.201 e. The molecular weight excluding hydrogens is 254 g/mol. The Hall–Kier alpha value is -1.75. The molecule has 0 radical (unpaired) electrons. The summed E-state index contributed by atoms with van der Waals surface area (Å²) in [6.45, 7) is 7.66. The molecule has 0 aliphatic carbocycles. The molecule has 0 fully saturated rings. The molecule has 110 valence electrons. The van der Waals surface area contributed by atoms with Crippen molar-refractivity contribution < 1.29 is 9.47 Å². The molecule has 1 atom stereocenters. The Morgan fingerprint density at radius 2 is 2.10 bits per heavy atom. The Labute approximate surface area is 119 Å². The highest BCUT2D eigenvalue weighted by Gasteiger charge is 2.21. The molecule has 0 saturated heterocycles. The summed E-state index contributed by atoms with van der Waals surface area (Å²) in [6, 6.07) is 6.00. The van der Waals surface area contributed by atoms with Gasteiger partial charge in [0.05, 0.1) is 30.8 Å². The van der Waals surface area contributed by atoms with Gasteiger partial charge in [-0.15, -0.1) is 0 Å². The summed E-state index contributed by atoms with van der Waals surface area (Å²) >= 11 is 0. The van der Waals surface area contributed by atoms with E-state index in [1.54, 1.807) is 7.11 Å². The SMILES string of the molecule is CCOCC(C(C)C)n1c(N)nc2cc(OC)ccc21. The largest absolute Gasteiger partial charge is 0.497 e. The van der Waals surface area contributed by atoms with Crippen molar-refractivity contribution in [2.45, 2.75) is 26.8 Å². The highest BCUT2D eigenvalue weighted by molar-refractivity contribution is 5.80. The second kappa shape index (κ2) is 6.13. The number of rotatable bonds is 6. The summed E-state index contributed by atoms with van der Waals surface area (Å²) in [6.07, 6.45) is 0. The summed E-state index contributed by atoms with van der Waals surface area (Å²) in [5, 5.41) is 0. The number of nitrogens with zero attached hydrogens (tertiary/aromatic N) is 2. The van der Waals surface area contributed by atoms with Crippen molar-refractivity contribution in [1.82, 2.24) is 9.55 Å². The topological polar surface area (TPSA) is 62.3 Å². The first kappa shape index (κ1) is 14.7. The van der Waals surface area contributed by atoms with Crippen LogP contribution in [0.3, 0.4) is 0 Å². The molecule has 1 unspecified atom stereocenters. The number of nitrogen functional groups attached to an aromatic ring is 1. The minimum absolute atomic E-state index is 0.174. The molecular formula is C15H23N3O2. The van der Waals surface area contributed by atoms with Gasteiger partial charge in [-0.3, -0.25) is 0 Å². The molecule has 1 aromatic carbocycles. The van der Waals surface area contributed by atoms with Crippen molar-refractivity contribution in [2.24, 2.45) is 5.92 Å². The van der Waals surface area contributed by atoms with Gasteiger partial charge in [0.15, 0.2) is 0 Å². The van der Waals surface area contributed by atoms with Gasteiger partial charge in [-0.05, 0) is 25.0 Å². The van der Waals surface area contributed by atoms with Crippen molar-refractivity contribution in [3.05, 3.63) is 18.2 Å². The number of hydrogen-bond acceptors (Lipinski definition) is 4. The fourth-order valence-corrected chi connectivity index (χ4v) is 2.38. The van der Waals surface area contributed by atoms with Crippen LogP contribution in [0.2, 0.25) is 0 Å². The molecule has 5 nitrogen and oxygen atoms in total. The van der Waals surface area contributed by atoms with Crippen molar-refractivity contribution in [2.75, 3.05) is 26.1 Å². The Kier molecular flexibility index (Phi) is 4.49. The summed E-state index contributed by atoms with van der Waals surface area (Å²) < 4.78 is 12.9. The third kappa shape index (κ3) is 2.72. The molecule has 1 heterocycles. The number of aromatic nitrogens is 2. The zero-order chi connectivity index (χ0) is 14.7. The first-order chi connectivity index (χ1) is 9.58. The van der Waals surface area contributed by atoms with E-state index in [1.165, 1.54) is 0 Å². The third-order valence-electron chi connectivity index (χ3n) is 3.52. The fraction of sp³-hybridized carbons (Fsp3) is 0.533. The lowest BCUT2D eigenvalue weighted by atomic mass is 10.0. The van der Waals surface area contributed by atoms with Crippen molar-refractivity contribution >= 4 is 17.0 Å². The Balaban J connectivity index is 2.48. The van der Waals surface area contributed by atoms with Crippen LogP contribution in [0, 0.1) is 5.92 Å². The number of benzene rings is 1. The van der Waals surface area contributed by atoms with E-state index in [2.05, 4.69) is 23.4 Å². The monoisotopic (exact) mass is 277 g/mol. The first-order valence-electron chi connectivity index (χ1n) is 6.97. The first-order valence-corrected chi connectivity index (χ1v) is 6.97. The van der Waals surface area contributed by atoms with E-state index in [0.717, 1.165) is 16.8 Å². The van der Waals surface area contributed by atoms with Crippen LogP contribution < -0.4 is 10.5 Å². The molecule has 0 saturated carbocycles. The molecule has 0 spiro atoms. The highest BCUT2D eigenvalue weighted by atomic mass is 16.5. The van der Waals surface area contributed by atoms with E-state index < -0.39 is 0 Å². The molecule has 2 aromatic rings. The number of nitrogens with two attached hydrogens (primary N) is 1. The molecule has 20 heavy (non-hydrogen) atoms. The van der Waals surface area contributed by atoms with E-state index in [-0.39, 0.29) is 6.04 Å². The molecule has 0 bridgehead atoms. The lowest BCUT2D eigenvalue weighted by Gasteiger charge is -2.24. The van der Waals surface area contributed by atoms with Gasteiger partial charge in [-0.2, -0.15) is 0 Å². The lowest BCUT2D eigenvalue weighted by molar-refractivity contribution is 0.0987. The standard InChI is InChI=1S/C15H23N3O2/c1-5-20-9-14(10(2)3)18-13-7-6-11(19-4)8-12(13)17-15(18)16/h6-8,10,14H,5,9H2,1-4H3,(H2,16,17). The zero-order valence-corrected chi connectivity index (χ0v) is 12.6. The van der Waals surface area contributed by atoms with Crippen LogP contribution in [0.15, 0.2) is 18.2 Å². The summed E-state index contributed by atoms with van der Waals surface area (Å²) in [7, 11) is 1.65. The minimum Gasteiger partial charge on any atom is -0.497 e. The highest BCUT2D eigenvalue weighted by Crippen LogP contribution is 2.29. The van der Waals surface area contributed by atoms with E-state index in [9.17, 15) is 0 Å². The molecule has 2 rings (SSSR count). The predicted octanol–water partition coefficient (Wildman–Crippen LogP) is 2.86. The average Bonchev–Trinajstić information content (AvgIpc) is 2.74. The number of hydrogen-bond donors (Lipinski definition) is 1. The Morgan fingerprint density at radius 3 is 2.70 bits per heavy atom. The summed E-state index contributed by atoms with van der Waals surface area (Å²) in [5.74, 6) is 1.71. The lowest BCUT2D eigenvalue weighted by Crippen LogP contribution is -2.22. The maximum absolute atomic E-state index is 6.11. The normalized spacial score (nSPS) is 13.1. The number of imidazole rings is 1. The summed E-state index contributed by atoms with van der Waals surface area (Å²) in [4.78, 5) is 4.44. The van der Waals surface area contributed by atoms with Crippen LogP contribution in [0.4, 0.5) is 5.95 Å². The van der Waals surface area contributed by atoms with Crippen molar-refractivity contribution in [1.29, 1.82) is 0 Å². The summed E-state index contributed by atoms with van der Waals surface area (Å²) in [5.41, 5.74) is 7.98. The van der Waals surface area contributed by atoms with Crippen molar-refractivity contribution in [3.63, 3.8) is 0 Å². The molecule has 1 aromatic heterocycles. The van der Waals surface area contributed by atoms with Gasteiger partial charge in [0, 0.05) is 12.7 Å². The molecule has 5 heteroatoms. The van der Waals surface area contributed by atoms with Gasteiger partial charge in [0.1, 0.15) is 5.75 Å². The van der Waals surface area contributed by atoms with Crippen LogP contribution >= 0.6 is 0 Å². The fourth-order valence-electron chi connectivity index (χ4n) is 2.38. The number of anilines is 1. The van der Waals surface area contributed by atoms with Crippen LogP contribution in [-0.4, -0.2) is 29.9 Å². The van der Waals surface area contributed by atoms with Gasteiger partial charge >= 0.3 is 0 Å². The Bertz CT molecular complexity index is 578. The average molecular weight is 277 g/mol. The maximum atomic E-state index is 6.11. The number of fused-ring (bicyclic) bond motifs is 1. The second-order valence-corrected chi connectivity index (χ2v) is 5.17. The van der Waals surface area contributed by atoms with E-state index in [0.29, 0.717) is 25.1 Å². The van der Waals surface area contributed by atoms with Gasteiger partial charge in [-0.1, -0.05) is 13.8 Å². The van der Waals surface area contributed by atoms with E-state index in [1.807, 2.05) is 25.1 Å². The van der Waals surface area contributed by atoms with Crippen LogP contribution in [0.1, 0.15) is 26.8 Å². The predicted molar refractivity (Wildman–Crippen MR) is 81.1 cm³/mol. The van der Waals surface area contributed by atoms with E-state index in [4.69, 9.17) is 15.2 Å². The number of ether oxygens (including phenoxy) is 2. The van der Waals surface area contributed by atoms with E-state index >= 15 is 0 Å². The van der Waals surface area contributed by atoms with Crippen LogP contribution in [0.25, 0.3) is 11.0 Å². The van der Waals surface area contributed by atoms with Gasteiger partial charge in [-0.25, -0.2) is 4.98 Å². The minimum atomic E-state index is 0.174. The van der Waals surface area contributed by atoms with Crippen LogP contribution in [0.5, 0.6) is 5.75 Å². The molecule has 0 aliphatic rings. The number of methoxy groups -OCH3 is 1.